The van der Waals surface area contributed by atoms with Crippen LogP contribution >= 0.6 is 0 Å². The largest absolute Gasteiger partial charge is 0.363 e. The summed E-state index contributed by atoms with van der Waals surface area (Å²) in [5.74, 6) is 0. The first-order valence-electron chi connectivity index (χ1n) is 3.10. The molecule has 1 aliphatic rings. The lowest BCUT2D eigenvalue weighted by molar-refractivity contribution is -0.116. The zero-order valence-corrected chi connectivity index (χ0v) is 5.25. The summed E-state index contributed by atoms with van der Waals surface area (Å²) in [6.07, 6.45) is 4.31. The van der Waals surface area contributed by atoms with Gasteiger partial charge < -0.3 is 9.53 Å². The highest BCUT2D eigenvalue weighted by Crippen LogP contribution is 2.17. The molecule has 0 aromatic carbocycles. The Labute approximate surface area is 54.5 Å². The van der Waals surface area contributed by atoms with Crippen LogP contribution in [0.2, 0.25) is 0 Å². The van der Waals surface area contributed by atoms with Crippen LogP contribution in [0.4, 0.5) is 0 Å². The van der Waals surface area contributed by atoms with E-state index in [1.54, 1.807) is 6.08 Å². The second-order valence-electron chi connectivity index (χ2n) is 2.16. The van der Waals surface area contributed by atoms with Crippen molar-refractivity contribution in [3.05, 3.63) is 12.7 Å². The molecule has 2 atom stereocenters. The molecule has 0 spiro atoms. The van der Waals surface area contributed by atoms with E-state index in [2.05, 4.69) is 6.58 Å². The number of hydrogen-bond acceptors (Lipinski definition) is 2. The maximum absolute atomic E-state index is 10.1. The number of carbonyl (C=O) groups excluding carboxylic acids is 1. The smallest absolute Gasteiger partial charge is 0.148 e. The molecule has 0 amide bonds. The van der Waals surface area contributed by atoms with E-state index in [1.165, 1.54) is 0 Å². The lowest BCUT2D eigenvalue weighted by atomic mass is 10.2. The minimum absolute atomic E-state index is 0.111. The fourth-order valence-corrected chi connectivity index (χ4v) is 0.963. The van der Waals surface area contributed by atoms with Gasteiger partial charge in [0.15, 0.2) is 0 Å². The van der Waals surface area contributed by atoms with E-state index in [0.717, 1.165) is 19.1 Å². The van der Waals surface area contributed by atoms with E-state index in [9.17, 15) is 4.79 Å². The Hall–Kier alpha value is -0.630. The Bertz CT molecular complexity index is 106. The average molecular weight is 126 g/mol. The number of carbonyl (C=O) groups is 1. The van der Waals surface area contributed by atoms with Crippen LogP contribution in [0.3, 0.4) is 0 Å². The van der Waals surface area contributed by atoms with E-state index in [0.29, 0.717) is 0 Å². The van der Waals surface area contributed by atoms with E-state index >= 15 is 0 Å². The zero-order valence-electron chi connectivity index (χ0n) is 5.25. The van der Waals surface area contributed by atoms with Gasteiger partial charge in [0.1, 0.15) is 12.4 Å². The molecule has 50 valence electrons. The maximum atomic E-state index is 10.1. The van der Waals surface area contributed by atoms with Crippen molar-refractivity contribution in [2.24, 2.45) is 0 Å². The Morgan fingerprint density at radius 1 is 1.44 bits per heavy atom. The number of rotatable bonds is 2. The predicted molar refractivity (Wildman–Crippen MR) is 34.2 cm³/mol. The maximum Gasteiger partial charge on any atom is 0.148 e. The Morgan fingerprint density at radius 3 is 2.44 bits per heavy atom. The Morgan fingerprint density at radius 2 is 2.11 bits per heavy atom. The third-order valence-electron chi connectivity index (χ3n) is 1.50. The molecule has 0 aliphatic carbocycles. The van der Waals surface area contributed by atoms with Crippen molar-refractivity contribution < 1.29 is 9.53 Å². The molecule has 1 heterocycles. The third-order valence-corrected chi connectivity index (χ3v) is 1.50. The summed E-state index contributed by atoms with van der Waals surface area (Å²) in [4.78, 5) is 10.1. The van der Waals surface area contributed by atoms with Crippen molar-refractivity contribution in [1.82, 2.24) is 0 Å². The van der Waals surface area contributed by atoms with Crippen molar-refractivity contribution >= 4 is 6.29 Å². The molecule has 1 rings (SSSR count). The molecule has 0 aromatic heterocycles. The molecule has 0 unspecified atom stereocenters. The van der Waals surface area contributed by atoms with Crippen molar-refractivity contribution in [2.45, 2.75) is 25.0 Å². The van der Waals surface area contributed by atoms with E-state index < -0.39 is 0 Å². The number of ether oxygens (including phenoxy) is 1. The first-order valence-corrected chi connectivity index (χ1v) is 3.10. The van der Waals surface area contributed by atoms with Crippen molar-refractivity contribution in [3.63, 3.8) is 0 Å². The molecule has 0 radical (unpaired) electrons. The monoisotopic (exact) mass is 126 g/mol. The highest BCUT2D eigenvalue weighted by Gasteiger charge is 2.21. The van der Waals surface area contributed by atoms with Gasteiger partial charge in [0, 0.05) is 0 Å². The van der Waals surface area contributed by atoms with E-state index in [1.807, 2.05) is 0 Å². The quantitative estimate of drug-likeness (QED) is 0.406. The van der Waals surface area contributed by atoms with Gasteiger partial charge in [-0.05, 0) is 12.8 Å². The number of aldehydes is 1. The first kappa shape index (κ1) is 6.49. The minimum Gasteiger partial charge on any atom is -0.363 e. The third kappa shape index (κ3) is 1.39. The topological polar surface area (TPSA) is 26.3 Å². The normalized spacial score (nSPS) is 34.2. The first-order chi connectivity index (χ1) is 4.36. The van der Waals surface area contributed by atoms with Gasteiger partial charge >= 0.3 is 0 Å². The van der Waals surface area contributed by atoms with Gasteiger partial charge in [-0.3, -0.25) is 0 Å². The lowest BCUT2D eigenvalue weighted by Crippen LogP contribution is -2.09. The van der Waals surface area contributed by atoms with Crippen LogP contribution in [0.25, 0.3) is 0 Å². The van der Waals surface area contributed by atoms with Crippen LogP contribution in [-0.4, -0.2) is 18.5 Å². The second kappa shape index (κ2) is 2.78. The molecule has 0 N–H and O–H groups in total. The molecule has 1 saturated heterocycles. The van der Waals surface area contributed by atoms with Crippen LogP contribution in [0.1, 0.15) is 12.8 Å². The summed E-state index contributed by atoms with van der Waals surface area (Å²) >= 11 is 0. The zero-order chi connectivity index (χ0) is 6.69. The fourth-order valence-electron chi connectivity index (χ4n) is 0.963. The molecular weight excluding hydrogens is 116 g/mol. The van der Waals surface area contributed by atoms with Crippen LogP contribution in [-0.2, 0) is 9.53 Å². The summed E-state index contributed by atoms with van der Waals surface area (Å²) in [6, 6.07) is 0. The fraction of sp³-hybridized carbons (Fsp3) is 0.571. The highest BCUT2D eigenvalue weighted by molar-refractivity contribution is 5.56. The highest BCUT2D eigenvalue weighted by atomic mass is 16.5. The molecule has 0 aromatic rings. The minimum atomic E-state index is -0.173. The van der Waals surface area contributed by atoms with Gasteiger partial charge in [-0.15, -0.1) is 6.58 Å². The van der Waals surface area contributed by atoms with Crippen LogP contribution in [0.15, 0.2) is 12.7 Å². The van der Waals surface area contributed by atoms with Gasteiger partial charge in [-0.2, -0.15) is 0 Å². The van der Waals surface area contributed by atoms with Crippen molar-refractivity contribution in [1.29, 1.82) is 0 Å². The molecule has 2 heteroatoms. The van der Waals surface area contributed by atoms with Crippen LogP contribution in [0.5, 0.6) is 0 Å². The van der Waals surface area contributed by atoms with Crippen molar-refractivity contribution in [3.8, 4) is 0 Å². The van der Waals surface area contributed by atoms with Gasteiger partial charge in [0.25, 0.3) is 0 Å². The molecule has 2 nitrogen and oxygen atoms in total. The number of hydrogen-bond donors (Lipinski definition) is 0. The van der Waals surface area contributed by atoms with Crippen molar-refractivity contribution in [2.75, 3.05) is 0 Å². The van der Waals surface area contributed by atoms with Crippen LogP contribution in [0, 0.1) is 0 Å². The Kier molecular flexibility index (Phi) is 2.01. The molecule has 0 saturated carbocycles. The summed E-state index contributed by atoms with van der Waals surface area (Å²) < 4.78 is 5.17. The SMILES string of the molecule is C=C[C@@H]1CC[C@@H](C=O)O1. The van der Waals surface area contributed by atoms with E-state index in [-0.39, 0.29) is 12.2 Å². The standard InChI is InChI=1S/C7H10O2/c1-2-6-3-4-7(5-8)9-6/h2,5-7H,1,3-4H2/t6-,7+/m1/s1. The lowest BCUT2D eigenvalue weighted by Gasteiger charge is -2.01. The molecular formula is C7H10O2. The molecule has 1 fully saturated rings. The molecule has 1 aliphatic heterocycles. The van der Waals surface area contributed by atoms with Gasteiger partial charge in [0.05, 0.1) is 6.10 Å². The van der Waals surface area contributed by atoms with Gasteiger partial charge in [-0.1, -0.05) is 6.08 Å². The molecule has 0 bridgehead atoms. The second-order valence-corrected chi connectivity index (χ2v) is 2.16. The predicted octanol–water partition coefficient (Wildman–Crippen LogP) is 0.919. The summed E-state index contributed by atoms with van der Waals surface area (Å²) in [7, 11) is 0. The van der Waals surface area contributed by atoms with Gasteiger partial charge in [0.2, 0.25) is 0 Å². The summed E-state index contributed by atoms with van der Waals surface area (Å²) in [5, 5.41) is 0. The summed E-state index contributed by atoms with van der Waals surface area (Å²) in [6.45, 7) is 3.57. The average Bonchev–Trinajstić information content (AvgIpc) is 2.34. The Balaban J connectivity index is 2.36. The summed E-state index contributed by atoms with van der Waals surface area (Å²) in [5.41, 5.74) is 0. The van der Waals surface area contributed by atoms with Crippen LogP contribution < -0.4 is 0 Å². The van der Waals surface area contributed by atoms with Gasteiger partial charge in [-0.25, -0.2) is 0 Å². The van der Waals surface area contributed by atoms with E-state index in [4.69, 9.17) is 4.74 Å². The molecule has 9 heavy (non-hydrogen) atoms.